The maximum absolute atomic E-state index is 12.1. The highest BCUT2D eigenvalue weighted by Crippen LogP contribution is 2.19. The van der Waals surface area contributed by atoms with Crippen LogP contribution in [-0.2, 0) is 4.79 Å². The summed E-state index contributed by atoms with van der Waals surface area (Å²) >= 11 is 4.96. The molecule has 1 aromatic carbocycles. The fourth-order valence-electron chi connectivity index (χ4n) is 1.93. The van der Waals surface area contributed by atoms with Crippen LogP contribution in [0.5, 0.6) is 0 Å². The van der Waals surface area contributed by atoms with Crippen molar-refractivity contribution in [3.63, 3.8) is 0 Å². The van der Waals surface area contributed by atoms with Gasteiger partial charge in [0, 0.05) is 5.69 Å². The lowest BCUT2D eigenvalue weighted by atomic mass is 9.95. The molecule has 1 aromatic rings. The third kappa shape index (κ3) is 4.31. The highest BCUT2D eigenvalue weighted by atomic mass is 32.1. The van der Waals surface area contributed by atoms with Crippen molar-refractivity contribution >= 4 is 28.8 Å². The lowest BCUT2D eigenvalue weighted by Gasteiger charge is -2.19. The third-order valence-electron chi connectivity index (χ3n) is 3.10. The van der Waals surface area contributed by atoms with Crippen molar-refractivity contribution in [3.8, 4) is 0 Å². The molecular formula is C15H22N2OS. The molecule has 3 nitrogen and oxygen atoms in total. The van der Waals surface area contributed by atoms with E-state index in [0.29, 0.717) is 5.92 Å². The molecule has 1 rings (SSSR count). The summed E-state index contributed by atoms with van der Waals surface area (Å²) in [5.41, 5.74) is 7.64. The molecule has 1 unspecified atom stereocenters. The molecule has 19 heavy (non-hydrogen) atoms. The molecule has 0 aromatic heterocycles. The zero-order chi connectivity index (χ0) is 14.6. The van der Waals surface area contributed by atoms with Crippen molar-refractivity contribution in [3.05, 3.63) is 29.8 Å². The van der Waals surface area contributed by atoms with Gasteiger partial charge in [0.05, 0.1) is 10.9 Å². The topological polar surface area (TPSA) is 55.1 Å². The molecule has 0 aliphatic rings. The first-order valence-corrected chi connectivity index (χ1v) is 6.94. The number of carbonyl (C=O) groups excluding carboxylic acids is 1. The van der Waals surface area contributed by atoms with E-state index in [4.69, 9.17) is 18.0 Å². The minimum Gasteiger partial charge on any atom is -0.393 e. The Kier molecular flexibility index (Phi) is 5.48. The van der Waals surface area contributed by atoms with Crippen LogP contribution in [0.4, 0.5) is 5.69 Å². The number of benzene rings is 1. The Bertz CT molecular complexity index is 452. The first-order chi connectivity index (χ1) is 8.82. The number of nitrogens with one attached hydrogen (secondary N) is 1. The van der Waals surface area contributed by atoms with Gasteiger partial charge in [-0.15, -0.1) is 0 Å². The van der Waals surface area contributed by atoms with Crippen LogP contribution in [0.3, 0.4) is 0 Å². The third-order valence-corrected chi connectivity index (χ3v) is 3.35. The van der Waals surface area contributed by atoms with E-state index in [1.165, 1.54) is 5.56 Å². The number of hydrogen-bond acceptors (Lipinski definition) is 2. The maximum Gasteiger partial charge on any atom is 0.234 e. The van der Waals surface area contributed by atoms with Crippen LogP contribution in [0, 0.1) is 11.8 Å². The van der Waals surface area contributed by atoms with Crippen LogP contribution in [0.15, 0.2) is 24.3 Å². The average molecular weight is 278 g/mol. The molecule has 0 saturated carbocycles. The summed E-state index contributed by atoms with van der Waals surface area (Å²) in [6, 6.07) is 7.85. The van der Waals surface area contributed by atoms with Crippen LogP contribution < -0.4 is 11.1 Å². The van der Waals surface area contributed by atoms with Gasteiger partial charge in [-0.05, 0) is 29.5 Å². The standard InChI is InChI=1S/C15H22N2OS/c1-9(2)11-5-7-12(8-6-11)17-15(18)13(10(3)4)14(16)19/h5-10,13H,1-4H3,(H2,16,19)(H,17,18). The van der Waals surface area contributed by atoms with Crippen LogP contribution in [0.2, 0.25) is 0 Å². The summed E-state index contributed by atoms with van der Waals surface area (Å²) in [4.78, 5) is 12.4. The molecule has 0 aliphatic heterocycles. The van der Waals surface area contributed by atoms with Crippen LogP contribution >= 0.6 is 12.2 Å². The van der Waals surface area contributed by atoms with Crippen LogP contribution in [0.25, 0.3) is 0 Å². The van der Waals surface area contributed by atoms with Gasteiger partial charge >= 0.3 is 0 Å². The van der Waals surface area contributed by atoms with E-state index in [1.54, 1.807) is 0 Å². The lowest BCUT2D eigenvalue weighted by Crippen LogP contribution is -2.36. The number of nitrogens with two attached hydrogens (primary N) is 1. The summed E-state index contributed by atoms with van der Waals surface area (Å²) in [5.74, 6) is -0.00297. The Morgan fingerprint density at radius 1 is 1.16 bits per heavy atom. The van der Waals surface area contributed by atoms with Gasteiger partial charge in [0.25, 0.3) is 0 Å². The first-order valence-electron chi connectivity index (χ1n) is 6.53. The highest BCUT2D eigenvalue weighted by Gasteiger charge is 2.24. The number of amides is 1. The van der Waals surface area contributed by atoms with Gasteiger partial charge < -0.3 is 11.1 Å². The van der Waals surface area contributed by atoms with E-state index < -0.39 is 5.92 Å². The summed E-state index contributed by atoms with van der Waals surface area (Å²) < 4.78 is 0. The Balaban J connectivity index is 2.78. The van der Waals surface area contributed by atoms with Crippen molar-refractivity contribution in [2.75, 3.05) is 5.32 Å². The molecule has 0 bridgehead atoms. The van der Waals surface area contributed by atoms with Gasteiger partial charge in [0.2, 0.25) is 5.91 Å². The summed E-state index contributed by atoms with van der Waals surface area (Å²) in [6.07, 6.45) is 0. The largest absolute Gasteiger partial charge is 0.393 e. The molecule has 0 aliphatic carbocycles. The molecule has 0 radical (unpaired) electrons. The van der Waals surface area contributed by atoms with Crippen molar-refractivity contribution in [2.24, 2.45) is 17.6 Å². The molecule has 1 amide bonds. The maximum atomic E-state index is 12.1. The molecule has 0 saturated heterocycles. The monoisotopic (exact) mass is 278 g/mol. The summed E-state index contributed by atoms with van der Waals surface area (Å²) in [6.45, 7) is 8.14. The predicted octanol–water partition coefficient (Wildman–Crippen LogP) is 3.31. The van der Waals surface area contributed by atoms with E-state index in [1.807, 2.05) is 38.1 Å². The van der Waals surface area contributed by atoms with Gasteiger partial charge in [0.1, 0.15) is 0 Å². The van der Waals surface area contributed by atoms with Gasteiger partial charge in [-0.1, -0.05) is 52.0 Å². The number of anilines is 1. The van der Waals surface area contributed by atoms with E-state index in [2.05, 4.69) is 19.2 Å². The Labute approximate surface area is 120 Å². The molecule has 3 N–H and O–H groups in total. The number of thiocarbonyl (C=S) groups is 1. The zero-order valence-corrected chi connectivity index (χ0v) is 12.8. The minimum atomic E-state index is -0.431. The lowest BCUT2D eigenvalue weighted by molar-refractivity contribution is -0.118. The number of rotatable bonds is 5. The van der Waals surface area contributed by atoms with Gasteiger partial charge in [0.15, 0.2) is 0 Å². The summed E-state index contributed by atoms with van der Waals surface area (Å²) in [7, 11) is 0. The smallest absolute Gasteiger partial charge is 0.234 e. The average Bonchev–Trinajstić information content (AvgIpc) is 2.28. The Morgan fingerprint density at radius 2 is 1.68 bits per heavy atom. The van der Waals surface area contributed by atoms with Crippen molar-refractivity contribution in [2.45, 2.75) is 33.6 Å². The molecular weight excluding hydrogens is 256 g/mol. The molecule has 4 heteroatoms. The Morgan fingerprint density at radius 3 is 2.05 bits per heavy atom. The molecule has 0 spiro atoms. The number of carbonyl (C=O) groups is 1. The predicted molar refractivity (Wildman–Crippen MR) is 84.3 cm³/mol. The highest BCUT2D eigenvalue weighted by molar-refractivity contribution is 7.80. The molecule has 104 valence electrons. The quantitative estimate of drug-likeness (QED) is 0.812. The van der Waals surface area contributed by atoms with Crippen LogP contribution in [-0.4, -0.2) is 10.9 Å². The fraction of sp³-hybridized carbons (Fsp3) is 0.467. The molecule has 0 fully saturated rings. The normalized spacial score (nSPS) is 12.5. The first kappa shape index (κ1) is 15.6. The van der Waals surface area contributed by atoms with Crippen molar-refractivity contribution in [1.29, 1.82) is 0 Å². The second-order valence-electron chi connectivity index (χ2n) is 5.39. The molecule has 0 heterocycles. The van der Waals surface area contributed by atoms with Gasteiger partial charge in [-0.3, -0.25) is 4.79 Å². The van der Waals surface area contributed by atoms with E-state index >= 15 is 0 Å². The van der Waals surface area contributed by atoms with Crippen molar-refractivity contribution < 1.29 is 4.79 Å². The van der Waals surface area contributed by atoms with E-state index in [9.17, 15) is 4.79 Å². The minimum absolute atomic E-state index is 0.0902. The number of hydrogen-bond donors (Lipinski definition) is 2. The van der Waals surface area contributed by atoms with Gasteiger partial charge in [-0.25, -0.2) is 0 Å². The van der Waals surface area contributed by atoms with Crippen LogP contribution in [0.1, 0.15) is 39.2 Å². The van der Waals surface area contributed by atoms with E-state index in [-0.39, 0.29) is 16.8 Å². The van der Waals surface area contributed by atoms with Gasteiger partial charge in [-0.2, -0.15) is 0 Å². The summed E-state index contributed by atoms with van der Waals surface area (Å²) in [5, 5.41) is 2.86. The second-order valence-corrected chi connectivity index (χ2v) is 5.86. The van der Waals surface area contributed by atoms with Crippen molar-refractivity contribution in [1.82, 2.24) is 0 Å². The second kappa shape index (κ2) is 6.66. The molecule has 1 atom stereocenters. The zero-order valence-electron chi connectivity index (χ0n) is 11.9. The van der Waals surface area contributed by atoms with E-state index in [0.717, 1.165) is 5.69 Å². The SMILES string of the molecule is CC(C)c1ccc(NC(=O)C(C(N)=S)C(C)C)cc1. The fourth-order valence-corrected chi connectivity index (χ4v) is 2.31. The Hall–Kier alpha value is -1.42.